The number of amides is 1. The Kier molecular flexibility index (Phi) is 7.03. The molecule has 2 rings (SSSR count). The maximum absolute atomic E-state index is 12.6. The van der Waals surface area contributed by atoms with Gasteiger partial charge in [0.1, 0.15) is 11.2 Å². The van der Waals surface area contributed by atoms with Gasteiger partial charge in [-0.3, -0.25) is 9.59 Å². The van der Waals surface area contributed by atoms with Gasteiger partial charge in [0.2, 0.25) is 0 Å². The van der Waals surface area contributed by atoms with Crippen molar-refractivity contribution in [3.8, 4) is 5.75 Å². The number of para-hydroxylation sites is 1. The fraction of sp³-hybridized carbons (Fsp3) is 0.600. The van der Waals surface area contributed by atoms with Crippen molar-refractivity contribution >= 4 is 11.9 Å². The number of hydrogen-bond donors (Lipinski definition) is 1. The molecule has 1 aliphatic heterocycles. The van der Waals surface area contributed by atoms with Gasteiger partial charge in [-0.05, 0) is 36.8 Å². The Labute approximate surface area is 155 Å². The highest BCUT2D eigenvalue weighted by Gasteiger charge is 2.43. The van der Waals surface area contributed by atoms with E-state index in [1.165, 1.54) is 7.11 Å². The summed E-state index contributed by atoms with van der Waals surface area (Å²) in [6.45, 7) is 4.96. The van der Waals surface area contributed by atoms with Crippen molar-refractivity contribution in [1.82, 2.24) is 4.90 Å². The van der Waals surface area contributed by atoms with Crippen molar-refractivity contribution in [2.24, 2.45) is 5.41 Å². The number of methoxy groups -OCH3 is 1. The highest BCUT2D eigenvalue weighted by molar-refractivity contribution is 5.80. The van der Waals surface area contributed by atoms with Gasteiger partial charge in [-0.2, -0.15) is 0 Å². The van der Waals surface area contributed by atoms with Crippen LogP contribution in [-0.2, 0) is 14.3 Å². The van der Waals surface area contributed by atoms with Crippen LogP contribution in [0.3, 0.4) is 0 Å². The van der Waals surface area contributed by atoms with E-state index in [9.17, 15) is 14.7 Å². The van der Waals surface area contributed by atoms with Crippen LogP contribution in [0.5, 0.6) is 5.75 Å². The molecule has 1 aromatic carbocycles. The normalized spacial score (nSPS) is 21.3. The predicted molar refractivity (Wildman–Crippen MR) is 98.4 cm³/mol. The molecule has 6 heteroatoms. The number of hydrogen-bond acceptors (Lipinski definition) is 4. The van der Waals surface area contributed by atoms with Gasteiger partial charge in [0, 0.05) is 20.2 Å². The molecule has 0 radical (unpaired) electrons. The van der Waals surface area contributed by atoms with Crippen LogP contribution in [0.25, 0.3) is 0 Å². The molecular weight excluding hydrogens is 334 g/mol. The zero-order valence-corrected chi connectivity index (χ0v) is 15.9. The topological polar surface area (TPSA) is 76.1 Å². The van der Waals surface area contributed by atoms with Crippen LogP contribution >= 0.6 is 0 Å². The quantitative estimate of drug-likeness (QED) is 0.768. The summed E-state index contributed by atoms with van der Waals surface area (Å²) in [5.41, 5.74) is 0.0535. The third kappa shape index (κ3) is 4.55. The average Bonchev–Trinajstić information content (AvgIpc) is 2.66. The summed E-state index contributed by atoms with van der Waals surface area (Å²) in [4.78, 5) is 25.9. The first-order chi connectivity index (χ1) is 12.4. The van der Waals surface area contributed by atoms with Gasteiger partial charge in [-0.1, -0.05) is 32.0 Å². The lowest BCUT2D eigenvalue weighted by atomic mass is 9.80. The predicted octanol–water partition coefficient (Wildman–Crippen LogP) is 2.92. The van der Waals surface area contributed by atoms with E-state index in [1.807, 2.05) is 24.3 Å². The summed E-state index contributed by atoms with van der Waals surface area (Å²) in [5, 5.41) is 9.60. The molecule has 6 nitrogen and oxygen atoms in total. The second-order valence-electron chi connectivity index (χ2n) is 7.07. The smallest absolute Gasteiger partial charge is 0.313 e. The van der Waals surface area contributed by atoms with E-state index in [0.29, 0.717) is 31.1 Å². The summed E-state index contributed by atoms with van der Waals surface area (Å²) in [7, 11) is 1.49. The number of nitrogens with zero attached hydrogens (tertiary/aromatic N) is 1. The fourth-order valence-electron chi connectivity index (χ4n) is 3.44. The number of rotatable bonds is 8. The Morgan fingerprint density at radius 3 is 2.73 bits per heavy atom. The van der Waals surface area contributed by atoms with E-state index in [0.717, 1.165) is 12.0 Å². The molecule has 1 aromatic rings. The molecular formula is C20H29NO5. The summed E-state index contributed by atoms with van der Waals surface area (Å²) < 4.78 is 10.9. The molecule has 26 heavy (non-hydrogen) atoms. The SMILES string of the molecule is CCC(C)c1ccccc1OCC(=O)N1CCCC(COC)(C(=O)O)C1. The number of carbonyl (C=O) groups is 2. The van der Waals surface area contributed by atoms with Crippen LogP contribution in [0, 0.1) is 5.41 Å². The Balaban J connectivity index is 2.03. The van der Waals surface area contributed by atoms with Crippen molar-refractivity contribution < 1.29 is 24.2 Å². The summed E-state index contributed by atoms with van der Waals surface area (Å²) in [6.07, 6.45) is 2.14. The average molecular weight is 363 g/mol. The largest absolute Gasteiger partial charge is 0.483 e. The molecule has 0 bridgehead atoms. The van der Waals surface area contributed by atoms with Gasteiger partial charge in [-0.15, -0.1) is 0 Å². The van der Waals surface area contributed by atoms with Crippen molar-refractivity contribution in [1.29, 1.82) is 0 Å². The molecule has 0 aromatic heterocycles. The van der Waals surface area contributed by atoms with Gasteiger partial charge in [-0.25, -0.2) is 0 Å². The molecule has 144 valence electrons. The lowest BCUT2D eigenvalue weighted by Gasteiger charge is -2.39. The first-order valence-electron chi connectivity index (χ1n) is 9.15. The molecule has 2 atom stereocenters. The number of likely N-dealkylation sites (tertiary alicyclic amines) is 1. The molecule has 0 spiro atoms. The van der Waals surface area contributed by atoms with E-state index in [4.69, 9.17) is 9.47 Å². The number of carboxylic acids is 1. The van der Waals surface area contributed by atoms with Gasteiger partial charge < -0.3 is 19.5 Å². The van der Waals surface area contributed by atoms with Crippen LogP contribution in [-0.4, -0.2) is 55.3 Å². The molecule has 1 fully saturated rings. The standard InChI is InChI=1S/C20H29NO5/c1-4-15(2)16-8-5-6-9-17(16)26-12-18(22)21-11-7-10-20(13-21,14-25-3)19(23)24/h5-6,8-9,15H,4,7,10-14H2,1-3H3,(H,23,24). The molecule has 1 saturated heterocycles. The highest BCUT2D eigenvalue weighted by Crippen LogP contribution is 2.31. The molecule has 1 N–H and O–H groups in total. The van der Waals surface area contributed by atoms with Gasteiger partial charge in [0.05, 0.1) is 6.61 Å². The third-order valence-electron chi connectivity index (χ3n) is 5.22. The van der Waals surface area contributed by atoms with Crippen LogP contribution < -0.4 is 4.74 Å². The maximum atomic E-state index is 12.6. The van der Waals surface area contributed by atoms with Crippen molar-refractivity contribution in [2.75, 3.05) is 33.4 Å². The number of carbonyl (C=O) groups excluding carboxylic acids is 1. The first kappa shape index (κ1) is 20.2. The minimum atomic E-state index is -1.03. The minimum absolute atomic E-state index is 0.0872. The lowest BCUT2D eigenvalue weighted by Crippen LogP contribution is -2.53. The zero-order valence-electron chi connectivity index (χ0n) is 15.9. The van der Waals surface area contributed by atoms with Crippen LogP contribution in [0.4, 0.5) is 0 Å². The molecule has 1 amide bonds. The van der Waals surface area contributed by atoms with Crippen molar-refractivity contribution in [3.05, 3.63) is 29.8 Å². The minimum Gasteiger partial charge on any atom is -0.483 e. The summed E-state index contributed by atoms with van der Waals surface area (Å²) >= 11 is 0. The number of ether oxygens (including phenoxy) is 2. The van der Waals surface area contributed by atoms with Crippen molar-refractivity contribution in [2.45, 2.75) is 39.0 Å². The van der Waals surface area contributed by atoms with Crippen LogP contribution in [0.15, 0.2) is 24.3 Å². The van der Waals surface area contributed by atoms with Crippen LogP contribution in [0.1, 0.15) is 44.6 Å². The van der Waals surface area contributed by atoms with E-state index >= 15 is 0 Å². The Bertz CT molecular complexity index is 628. The second kappa shape index (κ2) is 9.03. The third-order valence-corrected chi connectivity index (χ3v) is 5.22. The monoisotopic (exact) mass is 363 g/mol. The number of aliphatic carboxylic acids is 1. The summed E-state index contributed by atoms with van der Waals surface area (Å²) in [5.74, 6) is -0.0449. The van der Waals surface area contributed by atoms with Gasteiger partial charge >= 0.3 is 5.97 Å². The Hall–Kier alpha value is -2.08. The van der Waals surface area contributed by atoms with E-state index in [-0.39, 0.29) is 25.7 Å². The highest BCUT2D eigenvalue weighted by atomic mass is 16.5. The molecule has 1 aliphatic rings. The second-order valence-corrected chi connectivity index (χ2v) is 7.07. The lowest BCUT2D eigenvalue weighted by molar-refractivity contribution is -0.159. The van der Waals surface area contributed by atoms with E-state index in [2.05, 4.69) is 13.8 Å². The van der Waals surface area contributed by atoms with E-state index in [1.54, 1.807) is 4.90 Å². The molecule has 2 unspecified atom stereocenters. The maximum Gasteiger partial charge on any atom is 0.313 e. The number of carboxylic acid groups (broad SMARTS) is 1. The van der Waals surface area contributed by atoms with Crippen molar-refractivity contribution in [3.63, 3.8) is 0 Å². The Morgan fingerprint density at radius 1 is 1.35 bits per heavy atom. The summed E-state index contributed by atoms with van der Waals surface area (Å²) in [6, 6.07) is 7.74. The zero-order chi connectivity index (χ0) is 19.2. The van der Waals surface area contributed by atoms with Gasteiger partial charge in [0.15, 0.2) is 6.61 Å². The Morgan fingerprint density at radius 2 is 2.08 bits per heavy atom. The molecule has 0 aliphatic carbocycles. The van der Waals surface area contributed by atoms with E-state index < -0.39 is 11.4 Å². The number of benzene rings is 1. The van der Waals surface area contributed by atoms with Crippen LogP contribution in [0.2, 0.25) is 0 Å². The fourth-order valence-corrected chi connectivity index (χ4v) is 3.44. The molecule has 1 heterocycles. The number of piperidine rings is 1. The first-order valence-corrected chi connectivity index (χ1v) is 9.15. The van der Waals surface area contributed by atoms with Gasteiger partial charge in [0.25, 0.3) is 5.91 Å². The molecule has 0 saturated carbocycles.